The molecule has 7 nitrogen and oxygen atoms in total. The second-order valence-corrected chi connectivity index (χ2v) is 16.3. The number of carbonyl (C=O) groups excluding carboxylic acids is 2. The summed E-state index contributed by atoms with van der Waals surface area (Å²) in [5.74, 6) is 2.48. The van der Waals surface area contributed by atoms with Gasteiger partial charge in [0.2, 0.25) is 5.69 Å². The largest absolute Gasteiger partial charge is 0.462 e. The second kappa shape index (κ2) is 11.2. The number of aromatic amines is 1. The lowest BCUT2D eigenvalue weighted by atomic mass is 9.59. The van der Waals surface area contributed by atoms with Crippen LogP contribution >= 0.6 is 0 Å². The number of hydrogen-bond donors (Lipinski definition) is 1. The fraction of sp³-hybridized carbons (Fsp3) is 0.765. The van der Waals surface area contributed by atoms with Crippen molar-refractivity contribution in [3.8, 4) is 0 Å². The summed E-state index contributed by atoms with van der Waals surface area (Å²) >= 11 is 0. The van der Waals surface area contributed by atoms with Gasteiger partial charge < -0.3 is 4.74 Å². The molecule has 2 aromatic heterocycles. The van der Waals surface area contributed by atoms with Crippen LogP contribution in [0, 0.1) is 46.5 Å². The Kier molecular flexibility index (Phi) is 8.58. The van der Waals surface area contributed by atoms with Gasteiger partial charge in [0.1, 0.15) is 23.3 Å². The molecule has 2 saturated carbocycles. The molecule has 2 aliphatic rings. The van der Waals surface area contributed by atoms with E-state index in [-0.39, 0.29) is 63.9 Å². The molecule has 0 bridgehead atoms. The van der Waals surface area contributed by atoms with Crippen molar-refractivity contribution >= 4 is 23.6 Å². The summed E-state index contributed by atoms with van der Waals surface area (Å²) < 4.78 is 8.02. The van der Waals surface area contributed by atoms with Crippen molar-refractivity contribution in [3.63, 3.8) is 0 Å². The van der Waals surface area contributed by atoms with E-state index in [0.29, 0.717) is 29.3 Å². The standard InChI is InChI=1S/C34H52N4O3/c1-20-16-24(33(5,6)7)29(25(17-20)34(8,9)10)41-27(40)18-23-28(35-11)26(19-39)38-31(23)36-30(37-38)21-12-14-22(15-13-21)32(2,3)4/h19-22,24-25,29H,12-18H2,1-10H3,(H,36,37). The van der Waals surface area contributed by atoms with Gasteiger partial charge in [-0.2, -0.15) is 0 Å². The number of fused-ring (bicyclic) bond motifs is 1. The minimum absolute atomic E-state index is 0.0119. The number of esters is 1. The van der Waals surface area contributed by atoms with Crippen LogP contribution in [0.5, 0.6) is 0 Å². The molecule has 7 heteroatoms. The summed E-state index contributed by atoms with van der Waals surface area (Å²) in [7, 11) is 0. The normalized spacial score (nSPS) is 27.9. The van der Waals surface area contributed by atoms with Crippen molar-refractivity contribution in [2.45, 2.75) is 126 Å². The molecule has 2 unspecified atom stereocenters. The number of ether oxygens (including phenoxy) is 1. The smallest absolute Gasteiger partial charge is 0.309 e. The third-order valence-electron chi connectivity index (χ3n) is 10.2. The van der Waals surface area contributed by atoms with Crippen molar-refractivity contribution < 1.29 is 14.3 Å². The van der Waals surface area contributed by atoms with Crippen molar-refractivity contribution in [1.29, 1.82) is 0 Å². The van der Waals surface area contributed by atoms with Crippen molar-refractivity contribution in [1.82, 2.24) is 14.6 Å². The van der Waals surface area contributed by atoms with Gasteiger partial charge in [0.25, 0.3) is 0 Å². The Labute approximate surface area is 247 Å². The van der Waals surface area contributed by atoms with Crippen LogP contribution < -0.4 is 0 Å². The third kappa shape index (κ3) is 6.42. The fourth-order valence-electron chi connectivity index (χ4n) is 7.62. The SMILES string of the molecule is [C-]#[N+]c1c(CC(=O)OC2C(C(C)(C)C)CC(C)CC2C(C)(C)C)c2nc(C3CCC(C(C)(C)C)CC3)[nH]n2c1C=O. The van der Waals surface area contributed by atoms with Gasteiger partial charge in [-0.1, -0.05) is 69.2 Å². The van der Waals surface area contributed by atoms with Crippen LogP contribution in [0.1, 0.15) is 136 Å². The maximum absolute atomic E-state index is 13.7. The van der Waals surface area contributed by atoms with Crippen LogP contribution in [0.3, 0.4) is 0 Å². The van der Waals surface area contributed by atoms with E-state index in [2.05, 4.69) is 79.2 Å². The molecule has 2 atom stereocenters. The van der Waals surface area contributed by atoms with E-state index in [1.165, 1.54) is 0 Å². The molecule has 0 spiro atoms. The second-order valence-electron chi connectivity index (χ2n) is 16.3. The highest BCUT2D eigenvalue weighted by Crippen LogP contribution is 2.50. The Morgan fingerprint density at radius 1 is 1.00 bits per heavy atom. The molecule has 1 N–H and O–H groups in total. The Morgan fingerprint density at radius 2 is 1.56 bits per heavy atom. The van der Waals surface area contributed by atoms with E-state index in [1.54, 1.807) is 4.52 Å². The molecule has 2 aliphatic carbocycles. The Balaban J connectivity index is 1.63. The van der Waals surface area contributed by atoms with Gasteiger partial charge in [-0.15, -0.1) is 0 Å². The molecule has 226 valence electrons. The zero-order chi connectivity index (χ0) is 30.5. The predicted molar refractivity (Wildman–Crippen MR) is 163 cm³/mol. The lowest BCUT2D eigenvalue weighted by Crippen LogP contribution is -2.49. The highest BCUT2D eigenvalue weighted by molar-refractivity contribution is 5.91. The number of nitrogens with zero attached hydrogens (tertiary/aromatic N) is 3. The van der Waals surface area contributed by atoms with Crippen LogP contribution in [0.4, 0.5) is 5.69 Å². The summed E-state index contributed by atoms with van der Waals surface area (Å²) in [5, 5.41) is 3.33. The zero-order valence-corrected chi connectivity index (χ0v) is 27.1. The predicted octanol–water partition coefficient (Wildman–Crippen LogP) is 8.55. The van der Waals surface area contributed by atoms with E-state index >= 15 is 0 Å². The molecule has 0 aromatic carbocycles. The zero-order valence-electron chi connectivity index (χ0n) is 27.1. The molecule has 0 amide bonds. The summed E-state index contributed by atoms with van der Waals surface area (Å²) in [6.45, 7) is 30.5. The van der Waals surface area contributed by atoms with Gasteiger partial charge in [0.05, 0.1) is 13.0 Å². The minimum Gasteiger partial charge on any atom is -0.462 e. The number of nitrogens with one attached hydrogen (secondary N) is 1. The van der Waals surface area contributed by atoms with Crippen LogP contribution in [-0.2, 0) is 16.0 Å². The topological polar surface area (TPSA) is 80.8 Å². The minimum atomic E-state index is -0.349. The molecule has 4 rings (SSSR count). The molecule has 2 fully saturated rings. The Bertz CT molecular complexity index is 1280. The van der Waals surface area contributed by atoms with Crippen LogP contribution in [0.15, 0.2) is 0 Å². The highest BCUT2D eigenvalue weighted by atomic mass is 16.5. The molecule has 2 heterocycles. The monoisotopic (exact) mass is 564 g/mol. The number of carbonyl (C=O) groups is 2. The summed E-state index contributed by atoms with van der Waals surface area (Å²) in [5.41, 5.74) is 1.67. The summed E-state index contributed by atoms with van der Waals surface area (Å²) in [6, 6.07) is 0. The number of aromatic nitrogens is 3. The molecule has 0 saturated heterocycles. The van der Waals surface area contributed by atoms with E-state index in [9.17, 15) is 9.59 Å². The van der Waals surface area contributed by atoms with Crippen molar-refractivity contribution in [2.24, 2.45) is 39.9 Å². The first-order valence-corrected chi connectivity index (χ1v) is 15.6. The molecule has 0 aliphatic heterocycles. The lowest BCUT2D eigenvalue weighted by molar-refractivity contribution is -0.168. The van der Waals surface area contributed by atoms with Crippen LogP contribution in [0.2, 0.25) is 0 Å². The lowest BCUT2D eigenvalue weighted by Gasteiger charge is -2.50. The number of aldehydes is 1. The average molecular weight is 565 g/mol. The van der Waals surface area contributed by atoms with Crippen LogP contribution in [0.25, 0.3) is 10.5 Å². The van der Waals surface area contributed by atoms with Gasteiger partial charge in [-0.25, -0.2) is 14.3 Å². The van der Waals surface area contributed by atoms with E-state index in [1.807, 2.05) is 0 Å². The van der Waals surface area contributed by atoms with Gasteiger partial charge in [0, 0.05) is 23.3 Å². The van der Waals surface area contributed by atoms with Gasteiger partial charge in [0.15, 0.2) is 6.29 Å². The first-order valence-electron chi connectivity index (χ1n) is 15.6. The number of H-pyrrole nitrogens is 1. The van der Waals surface area contributed by atoms with Crippen LogP contribution in [-0.4, -0.2) is 33.0 Å². The molecular formula is C34H52N4O3. The van der Waals surface area contributed by atoms with E-state index < -0.39 is 0 Å². The first-order chi connectivity index (χ1) is 19.0. The average Bonchev–Trinajstić information content (AvgIpc) is 3.40. The highest BCUT2D eigenvalue weighted by Gasteiger charge is 2.48. The van der Waals surface area contributed by atoms with E-state index in [0.717, 1.165) is 44.3 Å². The maximum atomic E-state index is 13.7. The number of rotatable bonds is 5. The maximum Gasteiger partial charge on any atom is 0.309 e. The van der Waals surface area contributed by atoms with Crippen molar-refractivity contribution in [2.75, 3.05) is 0 Å². The van der Waals surface area contributed by atoms with Gasteiger partial charge >= 0.3 is 5.97 Å². The van der Waals surface area contributed by atoms with E-state index in [4.69, 9.17) is 16.3 Å². The quantitative estimate of drug-likeness (QED) is 0.224. The third-order valence-corrected chi connectivity index (χ3v) is 10.2. The number of hydrogen-bond acceptors (Lipinski definition) is 4. The van der Waals surface area contributed by atoms with Gasteiger partial charge in [-0.3, -0.25) is 14.7 Å². The first kappa shape index (κ1) is 31.3. The molecule has 2 aromatic rings. The molecular weight excluding hydrogens is 512 g/mol. The fourth-order valence-corrected chi connectivity index (χ4v) is 7.62. The Hall–Kier alpha value is -2.62. The van der Waals surface area contributed by atoms with Gasteiger partial charge in [-0.05, 0) is 66.6 Å². The summed E-state index contributed by atoms with van der Waals surface area (Å²) in [4.78, 5) is 34.5. The Morgan fingerprint density at radius 3 is 2.02 bits per heavy atom. The van der Waals surface area contributed by atoms with Crippen molar-refractivity contribution in [3.05, 3.63) is 28.5 Å². The molecule has 41 heavy (non-hydrogen) atoms. The molecule has 0 radical (unpaired) electrons. The summed E-state index contributed by atoms with van der Waals surface area (Å²) in [6.07, 6.45) is 6.81.